The fourth-order valence-electron chi connectivity index (χ4n) is 3.65. The zero-order chi connectivity index (χ0) is 15.4. The Morgan fingerprint density at radius 2 is 1.87 bits per heavy atom. The summed E-state index contributed by atoms with van der Waals surface area (Å²) in [4.78, 5) is 26.5. The van der Waals surface area contributed by atoms with Gasteiger partial charge in [-0.15, -0.1) is 12.4 Å². The lowest BCUT2D eigenvalue weighted by Gasteiger charge is -2.33. The van der Waals surface area contributed by atoms with Crippen molar-refractivity contribution in [2.24, 2.45) is 11.8 Å². The first-order chi connectivity index (χ1) is 10.7. The van der Waals surface area contributed by atoms with Crippen molar-refractivity contribution in [3.05, 3.63) is 0 Å². The summed E-state index contributed by atoms with van der Waals surface area (Å²) in [5.74, 6) is 1.48. The van der Waals surface area contributed by atoms with E-state index in [0.29, 0.717) is 11.8 Å². The summed E-state index contributed by atoms with van der Waals surface area (Å²) in [6.07, 6.45) is 9.17. The molecule has 1 saturated heterocycles. The molecule has 0 radical (unpaired) electrons. The minimum Gasteiger partial charge on any atom is -0.356 e. The fourth-order valence-corrected chi connectivity index (χ4v) is 3.65. The highest BCUT2D eigenvalue weighted by Crippen LogP contribution is 2.30. The molecule has 6 heteroatoms. The summed E-state index contributed by atoms with van der Waals surface area (Å²) in [5.41, 5.74) is 0. The molecule has 0 bridgehead atoms. The summed E-state index contributed by atoms with van der Waals surface area (Å²) < 4.78 is 0. The Morgan fingerprint density at radius 3 is 2.57 bits per heavy atom. The second-order valence-electron chi connectivity index (χ2n) is 7.25. The van der Waals surface area contributed by atoms with Gasteiger partial charge in [0.05, 0.1) is 12.5 Å². The molecular weight excluding hydrogens is 314 g/mol. The van der Waals surface area contributed by atoms with Crippen LogP contribution >= 0.6 is 12.4 Å². The second kappa shape index (κ2) is 8.88. The molecule has 132 valence electrons. The van der Waals surface area contributed by atoms with Gasteiger partial charge in [0.25, 0.3) is 0 Å². The molecule has 0 aromatic heterocycles. The van der Waals surface area contributed by atoms with Crippen LogP contribution in [0.1, 0.15) is 51.4 Å². The van der Waals surface area contributed by atoms with Gasteiger partial charge in [-0.2, -0.15) is 0 Å². The van der Waals surface area contributed by atoms with Crippen LogP contribution in [0.25, 0.3) is 0 Å². The molecule has 2 N–H and O–H groups in total. The van der Waals surface area contributed by atoms with E-state index in [2.05, 4.69) is 10.6 Å². The number of nitrogens with zero attached hydrogens (tertiary/aromatic N) is 1. The van der Waals surface area contributed by atoms with Crippen LogP contribution in [-0.2, 0) is 9.59 Å². The Hall–Kier alpha value is -0.810. The van der Waals surface area contributed by atoms with Gasteiger partial charge in [0.2, 0.25) is 11.8 Å². The molecule has 1 heterocycles. The van der Waals surface area contributed by atoms with Gasteiger partial charge in [0.1, 0.15) is 0 Å². The van der Waals surface area contributed by atoms with Crippen molar-refractivity contribution in [3.63, 3.8) is 0 Å². The van der Waals surface area contributed by atoms with Crippen molar-refractivity contribution in [2.45, 2.75) is 57.4 Å². The Labute approximate surface area is 145 Å². The minimum absolute atomic E-state index is 0. The van der Waals surface area contributed by atoms with Crippen LogP contribution in [-0.4, -0.2) is 48.9 Å². The number of nitrogens with one attached hydrogen (secondary N) is 2. The van der Waals surface area contributed by atoms with Crippen molar-refractivity contribution in [2.75, 3.05) is 26.2 Å². The summed E-state index contributed by atoms with van der Waals surface area (Å²) in [7, 11) is 0. The van der Waals surface area contributed by atoms with E-state index in [4.69, 9.17) is 0 Å². The van der Waals surface area contributed by atoms with Crippen molar-refractivity contribution in [1.82, 2.24) is 15.5 Å². The zero-order valence-corrected chi connectivity index (χ0v) is 14.7. The molecule has 0 spiro atoms. The Kier molecular flexibility index (Phi) is 7.15. The van der Waals surface area contributed by atoms with E-state index in [0.717, 1.165) is 26.2 Å². The second-order valence-corrected chi connectivity index (χ2v) is 7.25. The van der Waals surface area contributed by atoms with Crippen LogP contribution < -0.4 is 10.6 Å². The van der Waals surface area contributed by atoms with Gasteiger partial charge in [0.15, 0.2) is 0 Å². The number of amides is 2. The van der Waals surface area contributed by atoms with Gasteiger partial charge in [-0.1, -0.05) is 19.3 Å². The molecule has 0 aromatic carbocycles. The van der Waals surface area contributed by atoms with Crippen molar-refractivity contribution < 1.29 is 9.59 Å². The summed E-state index contributed by atoms with van der Waals surface area (Å²) in [5, 5.41) is 6.25. The standard InChI is InChI=1S/C17H29N3O2.ClH/c21-16(19-11-13-4-2-1-3-5-13)10-15-17(22)20(9-8-18-15)12-14-6-7-14;/h13-15,18H,1-12H2,(H,19,21);1H. The molecule has 0 aromatic rings. The number of rotatable bonds is 6. The Morgan fingerprint density at radius 1 is 1.13 bits per heavy atom. The van der Waals surface area contributed by atoms with Gasteiger partial charge < -0.3 is 15.5 Å². The number of halogens is 1. The normalized spacial score (nSPS) is 25.8. The number of carbonyl (C=O) groups is 2. The molecule has 3 aliphatic rings. The molecule has 3 fully saturated rings. The largest absolute Gasteiger partial charge is 0.356 e. The van der Waals surface area contributed by atoms with E-state index in [-0.39, 0.29) is 36.7 Å². The third-order valence-corrected chi connectivity index (χ3v) is 5.26. The fraction of sp³-hybridized carbons (Fsp3) is 0.882. The average Bonchev–Trinajstić information content (AvgIpc) is 3.34. The molecule has 1 atom stereocenters. The minimum atomic E-state index is -0.321. The molecule has 1 unspecified atom stereocenters. The Bertz CT molecular complexity index is 409. The third kappa shape index (κ3) is 5.64. The van der Waals surface area contributed by atoms with E-state index in [9.17, 15) is 9.59 Å². The SMILES string of the molecule is Cl.O=C(CC1NCCN(CC2CC2)C1=O)NCC1CCCCC1. The van der Waals surface area contributed by atoms with E-state index in [1.54, 1.807) is 0 Å². The maximum atomic E-state index is 12.4. The number of hydrogen-bond acceptors (Lipinski definition) is 3. The maximum absolute atomic E-state index is 12.4. The molecule has 23 heavy (non-hydrogen) atoms. The first-order valence-electron chi connectivity index (χ1n) is 9.01. The highest BCUT2D eigenvalue weighted by Gasteiger charge is 2.33. The van der Waals surface area contributed by atoms with Gasteiger partial charge in [-0.3, -0.25) is 9.59 Å². The molecular formula is C17H30ClN3O2. The van der Waals surface area contributed by atoms with Crippen molar-refractivity contribution in [1.29, 1.82) is 0 Å². The number of piperazine rings is 1. The molecule has 5 nitrogen and oxygen atoms in total. The number of hydrogen-bond donors (Lipinski definition) is 2. The van der Waals surface area contributed by atoms with Crippen LogP contribution in [0.5, 0.6) is 0 Å². The molecule has 3 rings (SSSR count). The van der Waals surface area contributed by atoms with Crippen LogP contribution in [0, 0.1) is 11.8 Å². The van der Waals surface area contributed by atoms with Crippen LogP contribution in [0.4, 0.5) is 0 Å². The highest BCUT2D eigenvalue weighted by atomic mass is 35.5. The summed E-state index contributed by atoms with van der Waals surface area (Å²) >= 11 is 0. The predicted molar refractivity (Wildman–Crippen MR) is 92.5 cm³/mol. The number of carbonyl (C=O) groups excluding carboxylic acids is 2. The van der Waals surface area contributed by atoms with E-state index < -0.39 is 0 Å². The van der Waals surface area contributed by atoms with Gasteiger partial charge >= 0.3 is 0 Å². The summed E-state index contributed by atoms with van der Waals surface area (Å²) in [6.45, 7) is 3.26. The van der Waals surface area contributed by atoms with Gasteiger partial charge in [-0.05, 0) is 37.5 Å². The van der Waals surface area contributed by atoms with E-state index in [1.165, 1.54) is 44.9 Å². The maximum Gasteiger partial charge on any atom is 0.240 e. The molecule has 1 aliphatic heterocycles. The third-order valence-electron chi connectivity index (χ3n) is 5.26. The lowest BCUT2D eigenvalue weighted by Crippen LogP contribution is -2.56. The smallest absolute Gasteiger partial charge is 0.240 e. The predicted octanol–water partition coefficient (Wildman–Crippen LogP) is 1.71. The molecule has 2 amide bonds. The topological polar surface area (TPSA) is 61.4 Å². The first-order valence-corrected chi connectivity index (χ1v) is 9.01. The van der Waals surface area contributed by atoms with Gasteiger partial charge in [-0.25, -0.2) is 0 Å². The lowest BCUT2D eigenvalue weighted by atomic mass is 9.89. The van der Waals surface area contributed by atoms with Crippen LogP contribution in [0.3, 0.4) is 0 Å². The van der Waals surface area contributed by atoms with E-state index in [1.807, 2.05) is 4.90 Å². The zero-order valence-electron chi connectivity index (χ0n) is 13.9. The lowest BCUT2D eigenvalue weighted by molar-refractivity contribution is -0.138. The molecule has 2 saturated carbocycles. The van der Waals surface area contributed by atoms with Crippen molar-refractivity contribution >= 4 is 24.2 Å². The van der Waals surface area contributed by atoms with Crippen molar-refractivity contribution in [3.8, 4) is 0 Å². The average molecular weight is 344 g/mol. The quantitative estimate of drug-likeness (QED) is 0.771. The van der Waals surface area contributed by atoms with Crippen LogP contribution in [0.2, 0.25) is 0 Å². The monoisotopic (exact) mass is 343 g/mol. The van der Waals surface area contributed by atoms with E-state index >= 15 is 0 Å². The van der Waals surface area contributed by atoms with Gasteiger partial charge in [0, 0.05) is 26.2 Å². The first kappa shape index (κ1) is 18.5. The van der Waals surface area contributed by atoms with Crippen LogP contribution in [0.15, 0.2) is 0 Å². The highest BCUT2D eigenvalue weighted by molar-refractivity contribution is 5.89. The summed E-state index contributed by atoms with van der Waals surface area (Å²) in [6, 6.07) is -0.321. The Balaban J connectivity index is 0.00000192. The molecule has 2 aliphatic carbocycles.